The Morgan fingerprint density at radius 2 is 1.89 bits per heavy atom. The number of hydrogen-bond acceptors (Lipinski definition) is 4. The number of aryl methyl sites for hydroxylation is 2. The SMILES string of the molecule is CNC(C)(C)c1nc(C)cc(-c2ccc(C)o2)n1. The van der Waals surface area contributed by atoms with Crippen molar-refractivity contribution in [3.8, 4) is 11.5 Å². The minimum Gasteiger partial charge on any atom is -0.460 e. The zero-order valence-corrected chi connectivity index (χ0v) is 11.5. The molecule has 2 aromatic heterocycles. The predicted octanol–water partition coefficient (Wildman–Crippen LogP) is 2.81. The van der Waals surface area contributed by atoms with E-state index in [0.29, 0.717) is 0 Å². The van der Waals surface area contributed by atoms with Crippen LogP contribution in [0.25, 0.3) is 11.5 Å². The molecule has 0 atom stereocenters. The monoisotopic (exact) mass is 245 g/mol. The largest absolute Gasteiger partial charge is 0.460 e. The van der Waals surface area contributed by atoms with Crippen LogP contribution >= 0.6 is 0 Å². The summed E-state index contributed by atoms with van der Waals surface area (Å²) in [5.41, 5.74) is 1.50. The van der Waals surface area contributed by atoms with Crippen molar-refractivity contribution in [1.29, 1.82) is 0 Å². The Hall–Kier alpha value is -1.68. The lowest BCUT2D eigenvalue weighted by Gasteiger charge is -2.22. The van der Waals surface area contributed by atoms with Crippen molar-refractivity contribution in [2.24, 2.45) is 0 Å². The normalized spacial score (nSPS) is 11.8. The van der Waals surface area contributed by atoms with Crippen molar-refractivity contribution in [1.82, 2.24) is 15.3 Å². The number of rotatable bonds is 3. The van der Waals surface area contributed by atoms with Gasteiger partial charge in [0.15, 0.2) is 5.76 Å². The minimum absolute atomic E-state index is 0.262. The van der Waals surface area contributed by atoms with E-state index in [1.165, 1.54) is 0 Å². The van der Waals surface area contributed by atoms with E-state index in [1.807, 2.05) is 39.1 Å². The summed E-state index contributed by atoms with van der Waals surface area (Å²) < 4.78 is 5.62. The van der Waals surface area contributed by atoms with Crippen LogP contribution < -0.4 is 5.32 Å². The first-order valence-corrected chi connectivity index (χ1v) is 6.04. The zero-order valence-electron chi connectivity index (χ0n) is 11.5. The molecule has 0 unspecified atom stereocenters. The lowest BCUT2D eigenvalue weighted by molar-refractivity contribution is 0.415. The fraction of sp³-hybridized carbons (Fsp3) is 0.429. The van der Waals surface area contributed by atoms with Gasteiger partial charge in [-0.05, 0) is 52.9 Å². The molecule has 2 rings (SSSR count). The van der Waals surface area contributed by atoms with Crippen LogP contribution in [0, 0.1) is 13.8 Å². The summed E-state index contributed by atoms with van der Waals surface area (Å²) in [5.74, 6) is 2.44. The zero-order chi connectivity index (χ0) is 13.3. The standard InChI is InChI=1S/C14H19N3O/c1-9-8-11(12-7-6-10(2)18-12)17-13(16-9)14(3,4)15-5/h6-8,15H,1-5H3. The van der Waals surface area contributed by atoms with E-state index in [2.05, 4.69) is 29.1 Å². The Labute approximate surface area is 107 Å². The Morgan fingerprint density at radius 3 is 2.44 bits per heavy atom. The average Bonchev–Trinajstić information content (AvgIpc) is 2.75. The molecule has 4 nitrogen and oxygen atoms in total. The van der Waals surface area contributed by atoms with Gasteiger partial charge < -0.3 is 9.73 Å². The van der Waals surface area contributed by atoms with Gasteiger partial charge in [-0.3, -0.25) is 0 Å². The summed E-state index contributed by atoms with van der Waals surface area (Å²) in [6.45, 7) is 8.00. The van der Waals surface area contributed by atoms with Crippen LogP contribution in [-0.4, -0.2) is 17.0 Å². The van der Waals surface area contributed by atoms with E-state index in [0.717, 1.165) is 28.7 Å². The van der Waals surface area contributed by atoms with Gasteiger partial charge in [0.2, 0.25) is 0 Å². The summed E-state index contributed by atoms with van der Waals surface area (Å²) in [7, 11) is 1.91. The van der Waals surface area contributed by atoms with E-state index < -0.39 is 0 Å². The van der Waals surface area contributed by atoms with E-state index in [-0.39, 0.29) is 5.54 Å². The third kappa shape index (κ3) is 2.43. The van der Waals surface area contributed by atoms with Gasteiger partial charge in [-0.2, -0.15) is 0 Å². The van der Waals surface area contributed by atoms with Crippen LogP contribution in [0.4, 0.5) is 0 Å². The van der Waals surface area contributed by atoms with Crippen molar-refractivity contribution < 1.29 is 4.42 Å². The van der Waals surface area contributed by atoms with Gasteiger partial charge in [0.25, 0.3) is 0 Å². The van der Waals surface area contributed by atoms with Gasteiger partial charge in [0.1, 0.15) is 17.3 Å². The molecule has 0 saturated heterocycles. The van der Waals surface area contributed by atoms with Crippen molar-refractivity contribution in [3.63, 3.8) is 0 Å². The molecule has 2 aromatic rings. The second kappa shape index (κ2) is 4.53. The van der Waals surface area contributed by atoms with Crippen LogP contribution in [0.2, 0.25) is 0 Å². The number of furan rings is 1. The summed E-state index contributed by atoms with van der Waals surface area (Å²) in [4.78, 5) is 9.09. The Kier molecular flexibility index (Phi) is 3.22. The van der Waals surface area contributed by atoms with Crippen molar-refractivity contribution in [2.75, 3.05) is 7.05 Å². The number of aromatic nitrogens is 2. The molecule has 0 saturated carbocycles. The van der Waals surface area contributed by atoms with Crippen molar-refractivity contribution >= 4 is 0 Å². The van der Waals surface area contributed by atoms with Gasteiger partial charge in [-0.25, -0.2) is 9.97 Å². The number of nitrogens with zero attached hydrogens (tertiary/aromatic N) is 2. The first kappa shape index (κ1) is 12.8. The second-order valence-electron chi connectivity index (χ2n) is 5.00. The van der Waals surface area contributed by atoms with E-state index in [9.17, 15) is 0 Å². The van der Waals surface area contributed by atoms with Gasteiger partial charge in [-0.15, -0.1) is 0 Å². The molecular formula is C14H19N3O. The Morgan fingerprint density at radius 1 is 1.17 bits per heavy atom. The smallest absolute Gasteiger partial charge is 0.152 e. The molecule has 2 heterocycles. The molecule has 0 aromatic carbocycles. The highest BCUT2D eigenvalue weighted by Gasteiger charge is 2.22. The maximum Gasteiger partial charge on any atom is 0.152 e. The highest BCUT2D eigenvalue weighted by molar-refractivity contribution is 5.52. The van der Waals surface area contributed by atoms with Crippen LogP contribution in [0.5, 0.6) is 0 Å². The first-order chi connectivity index (χ1) is 8.42. The molecule has 0 fully saturated rings. The van der Waals surface area contributed by atoms with Crippen LogP contribution in [0.15, 0.2) is 22.6 Å². The molecule has 0 aliphatic heterocycles. The third-order valence-corrected chi connectivity index (χ3v) is 3.03. The Bertz CT molecular complexity index is 558. The maximum absolute atomic E-state index is 5.62. The number of nitrogens with one attached hydrogen (secondary N) is 1. The minimum atomic E-state index is -0.262. The lowest BCUT2D eigenvalue weighted by Crippen LogP contribution is -2.35. The summed E-state index contributed by atoms with van der Waals surface area (Å²) in [5, 5.41) is 3.21. The fourth-order valence-corrected chi connectivity index (χ4v) is 1.66. The summed E-state index contributed by atoms with van der Waals surface area (Å²) >= 11 is 0. The molecule has 96 valence electrons. The van der Waals surface area contributed by atoms with E-state index in [1.54, 1.807) is 0 Å². The van der Waals surface area contributed by atoms with Crippen LogP contribution in [0.1, 0.15) is 31.1 Å². The molecule has 0 amide bonds. The summed E-state index contributed by atoms with van der Waals surface area (Å²) in [6.07, 6.45) is 0. The van der Waals surface area contributed by atoms with Crippen molar-refractivity contribution in [2.45, 2.75) is 33.2 Å². The maximum atomic E-state index is 5.62. The summed E-state index contributed by atoms with van der Waals surface area (Å²) in [6, 6.07) is 5.82. The predicted molar refractivity (Wildman–Crippen MR) is 71.3 cm³/mol. The van der Waals surface area contributed by atoms with Gasteiger partial charge >= 0.3 is 0 Å². The highest BCUT2D eigenvalue weighted by atomic mass is 16.3. The number of hydrogen-bond donors (Lipinski definition) is 1. The lowest BCUT2D eigenvalue weighted by atomic mass is 10.0. The topological polar surface area (TPSA) is 51.0 Å². The van der Waals surface area contributed by atoms with E-state index in [4.69, 9.17) is 4.42 Å². The van der Waals surface area contributed by atoms with Crippen molar-refractivity contribution in [3.05, 3.63) is 35.5 Å². The third-order valence-electron chi connectivity index (χ3n) is 3.03. The first-order valence-electron chi connectivity index (χ1n) is 6.04. The molecule has 0 spiro atoms. The average molecular weight is 245 g/mol. The van der Waals surface area contributed by atoms with Crippen LogP contribution in [0.3, 0.4) is 0 Å². The highest BCUT2D eigenvalue weighted by Crippen LogP contribution is 2.23. The quantitative estimate of drug-likeness (QED) is 0.903. The fourth-order valence-electron chi connectivity index (χ4n) is 1.66. The molecule has 18 heavy (non-hydrogen) atoms. The Balaban J connectivity index is 2.51. The molecule has 0 bridgehead atoms. The molecule has 0 radical (unpaired) electrons. The van der Waals surface area contributed by atoms with E-state index >= 15 is 0 Å². The molecule has 4 heteroatoms. The van der Waals surface area contributed by atoms with Crippen LogP contribution in [-0.2, 0) is 5.54 Å². The molecule has 0 aliphatic carbocycles. The second-order valence-corrected chi connectivity index (χ2v) is 5.00. The molecule has 0 aliphatic rings. The van der Waals surface area contributed by atoms with Gasteiger partial charge in [0.05, 0.1) is 5.54 Å². The molecule has 1 N–H and O–H groups in total. The van der Waals surface area contributed by atoms with Gasteiger partial charge in [0, 0.05) is 5.69 Å². The molecular weight excluding hydrogens is 226 g/mol. The van der Waals surface area contributed by atoms with Gasteiger partial charge in [-0.1, -0.05) is 0 Å².